The molecule has 194 valence electrons. The second-order valence-electron chi connectivity index (χ2n) is 12.6. The minimum Gasteiger partial charge on any atom is -0.392 e. The second kappa shape index (κ2) is 12.9. The predicted molar refractivity (Wildman–Crippen MR) is 148 cm³/mol. The van der Waals surface area contributed by atoms with Crippen LogP contribution in [-0.4, -0.2) is 24.3 Å². The minimum absolute atomic E-state index is 0.194. The number of fused-ring (bicyclic) bond motifs is 3. The maximum Gasteiger partial charge on any atom is 0.0664 e. The normalized spacial score (nSPS) is 27.4. The van der Waals surface area contributed by atoms with Gasteiger partial charge in [-0.25, -0.2) is 0 Å². The third kappa shape index (κ3) is 6.88. The average molecular weight is 470 g/mol. The quantitative estimate of drug-likeness (QED) is 0.269. The van der Waals surface area contributed by atoms with Gasteiger partial charge >= 0.3 is 0 Å². The fourth-order valence-electron chi connectivity index (χ4n) is 7.35. The number of hydrogen-bond donors (Lipinski definition) is 2. The Labute approximate surface area is 211 Å². The lowest BCUT2D eigenvalue weighted by molar-refractivity contribution is 0.0232. The number of aliphatic hydroxyl groups is 1. The van der Waals surface area contributed by atoms with Gasteiger partial charge in [0.25, 0.3) is 0 Å². The highest BCUT2D eigenvalue weighted by molar-refractivity contribution is 5.42. The zero-order valence-corrected chi connectivity index (χ0v) is 23.2. The third-order valence-electron chi connectivity index (χ3n) is 9.47. The monoisotopic (exact) mass is 469 g/mol. The summed E-state index contributed by atoms with van der Waals surface area (Å²) in [5.41, 5.74) is 5.36. The van der Waals surface area contributed by atoms with E-state index in [4.69, 9.17) is 0 Å². The second-order valence-corrected chi connectivity index (χ2v) is 12.6. The van der Waals surface area contributed by atoms with E-state index in [1.807, 2.05) is 0 Å². The van der Waals surface area contributed by atoms with Crippen molar-refractivity contribution in [3.8, 4) is 0 Å². The summed E-state index contributed by atoms with van der Waals surface area (Å²) in [4.78, 5) is 0. The number of benzene rings is 1. The SMILES string of the molecule is CCCCCCCCCCC(O)CNC[C@]1(C)CCC[C@]2(C)c3ccc(C(C)C)cc3CC[C@@H]12. The molecule has 0 bridgehead atoms. The van der Waals surface area contributed by atoms with E-state index in [1.165, 1.54) is 89.0 Å². The fraction of sp³-hybridized carbons (Fsp3) is 0.812. The molecule has 1 unspecified atom stereocenters. The van der Waals surface area contributed by atoms with Gasteiger partial charge in [-0.05, 0) is 71.5 Å². The van der Waals surface area contributed by atoms with E-state index < -0.39 is 0 Å². The molecule has 1 aromatic rings. The lowest BCUT2D eigenvalue weighted by atomic mass is 9.49. The Kier molecular flexibility index (Phi) is 10.5. The third-order valence-corrected chi connectivity index (χ3v) is 9.47. The van der Waals surface area contributed by atoms with Crippen molar-refractivity contribution in [1.82, 2.24) is 5.32 Å². The number of aryl methyl sites for hydroxylation is 1. The van der Waals surface area contributed by atoms with Gasteiger partial charge in [0, 0.05) is 13.1 Å². The summed E-state index contributed by atoms with van der Waals surface area (Å²) in [5, 5.41) is 14.3. The Hall–Kier alpha value is -0.860. The average Bonchev–Trinajstić information content (AvgIpc) is 2.80. The molecule has 0 aliphatic heterocycles. The highest BCUT2D eigenvalue weighted by atomic mass is 16.3. The molecule has 1 aromatic carbocycles. The van der Waals surface area contributed by atoms with Crippen molar-refractivity contribution in [3.05, 3.63) is 34.9 Å². The van der Waals surface area contributed by atoms with E-state index in [1.54, 1.807) is 11.1 Å². The maximum atomic E-state index is 10.6. The summed E-state index contributed by atoms with van der Waals surface area (Å²) in [5.74, 6) is 1.33. The summed E-state index contributed by atoms with van der Waals surface area (Å²) in [7, 11) is 0. The Morgan fingerprint density at radius 3 is 2.41 bits per heavy atom. The first-order valence-electron chi connectivity index (χ1n) is 14.8. The molecule has 1 fully saturated rings. The summed E-state index contributed by atoms with van der Waals surface area (Å²) in [6.07, 6.45) is 17.9. The molecule has 0 heterocycles. The van der Waals surface area contributed by atoms with Crippen LogP contribution in [0.15, 0.2) is 18.2 Å². The van der Waals surface area contributed by atoms with Gasteiger partial charge in [-0.3, -0.25) is 0 Å². The van der Waals surface area contributed by atoms with Gasteiger partial charge in [-0.2, -0.15) is 0 Å². The number of nitrogens with one attached hydrogen (secondary N) is 1. The van der Waals surface area contributed by atoms with Crippen LogP contribution in [0.5, 0.6) is 0 Å². The van der Waals surface area contributed by atoms with Gasteiger partial charge < -0.3 is 10.4 Å². The topological polar surface area (TPSA) is 32.3 Å². The van der Waals surface area contributed by atoms with Crippen molar-refractivity contribution < 1.29 is 5.11 Å². The Balaban J connectivity index is 1.46. The summed E-state index contributed by atoms with van der Waals surface area (Å²) < 4.78 is 0. The Morgan fingerprint density at radius 2 is 1.71 bits per heavy atom. The van der Waals surface area contributed by atoms with Crippen LogP contribution in [0.3, 0.4) is 0 Å². The molecule has 4 atom stereocenters. The fourth-order valence-corrected chi connectivity index (χ4v) is 7.35. The van der Waals surface area contributed by atoms with E-state index in [0.29, 0.717) is 16.7 Å². The largest absolute Gasteiger partial charge is 0.392 e. The number of unbranched alkanes of at least 4 members (excludes halogenated alkanes) is 7. The van der Waals surface area contributed by atoms with E-state index in [2.05, 4.69) is 58.1 Å². The van der Waals surface area contributed by atoms with Gasteiger partial charge in [0.1, 0.15) is 0 Å². The van der Waals surface area contributed by atoms with Crippen molar-refractivity contribution in [2.45, 2.75) is 142 Å². The van der Waals surface area contributed by atoms with E-state index in [0.717, 1.165) is 25.4 Å². The molecule has 0 amide bonds. The summed E-state index contributed by atoms with van der Waals surface area (Å²) in [6, 6.07) is 7.37. The number of aliphatic hydroxyl groups excluding tert-OH is 1. The van der Waals surface area contributed by atoms with Crippen LogP contribution in [0.1, 0.15) is 141 Å². The predicted octanol–water partition coefficient (Wildman–Crippen LogP) is 8.30. The molecule has 2 aliphatic carbocycles. The number of rotatable bonds is 14. The molecule has 2 nitrogen and oxygen atoms in total. The van der Waals surface area contributed by atoms with Gasteiger partial charge in [-0.1, -0.05) is 111 Å². The molecule has 0 aromatic heterocycles. The summed E-state index contributed by atoms with van der Waals surface area (Å²) in [6.45, 7) is 13.8. The van der Waals surface area contributed by atoms with Crippen molar-refractivity contribution in [2.75, 3.05) is 13.1 Å². The van der Waals surface area contributed by atoms with Crippen LogP contribution in [0, 0.1) is 11.3 Å². The highest BCUT2D eigenvalue weighted by Gasteiger charge is 2.51. The molecule has 2 heteroatoms. The maximum absolute atomic E-state index is 10.6. The first-order valence-corrected chi connectivity index (χ1v) is 14.8. The number of hydrogen-bond acceptors (Lipinski definition) is 2. The van der Waals surface area contributed by atoms with Gasteiger partial charge in [0.2, 0.25) is 0 Å². The zero-order valence-electron chi connectivity index (χ0n) is 23.2. The van der Waals surface area contributed by atoms with E-state index >= 15 is 0 Å². The van der Waals surface area contributed by atoms with Gasteiger partial charge in [0.15, 0.2) is 0 Å². The Morgan fingerprint density at radius 1 is 1.00 bits per heavy atom. The molecule has 2 N–H and O–H groups in total. The molecular formula is C32H55NO. The van der Waals surface area contributed by atoms with Crippen LogP contribution < -0.4 is 5.32 Å². The molecule has 0 radical (unpaired) electrons. The van der Waals surface area contributed by atoms with E-state index in [-0.39, 0.29) is 6.10 Å². The van der Waals surface area contributed by atoms with Gasteiger partial charge in [0.05, 0.1) is 6.10 Å². The Bertz CT molecular complexity index is 743. The lowest BCUT2D eigenvalue weighted by Crippen LogP contribution is -2.53. The van der Waals surface area contributed by atoms with Crippen LogP contribution in [-0.2, 0) is 11.8 Å². The molecule has 0 spiro atoms. The van der Waals surface area contributed by atoms with Crippen LogP contribution >= 0.6 is 0 Å². The smallest absolute Gasteiger partial charge is 0.0664 e. The first-order chi connectivity index (χ1) is 16.3. The molecule has 34 heavy (non-hydrogen) atoms. The van der Waals surface area contributed by atoms with Crippen molar-refractivity contribution in [2.24, 2.45) is 11.3 Å². The van der Waals surface area contributed by atoms with Crippen molar-refractivity contribution in [3.63, 3.8) is 0 Å². The molecular weight excluding hydrogens is 414 g/mol. The highest BCUT2D eigenvalue weighted by Crippen LogP contribution is 2.57. The van der Waals surface area contributed by atoms with E-state index in [9.17, 15) is 5.11 Å². The van der Waals surface area contributed by atoms with Gasteiger partial charge in [-0.15, -0.1) is 0 Å². The molecule has 2 aliphatic rings. The minimum atomic E-state index is -0.194. The van der Waals surface area contributed by atoms with Crippen molar-refractivity contribution >= 4 is 0 Å². The lowest BCUT2D eigenvalue weighted by Gasteiger charge is -2.56. The molecule has 0 saturated heterocycles. The van der Waals surface area contributed by atoms with Crippen LogP contribution in [0.4, 0.5) is 0 Å². The van der Waals surface area contributed by atoms with Crippen molar-refractivity contribution in [1.29, 1.82) is 0 Å². The van der Waals surface area contributed by atoms with Crippen LogP contribution in [0.25, 0.3) is 0 Å². The molecule has 3 rings (SSSR count). The first kappa shape index (κ1) is 27.7. The van der Waals surface area contributed by atoms with Crippen LogP contribution in [0.2, 0.25) is 0 Å². The molecule has 1 saturated carbocycles. The standard InChI is InChI=1S/C32H55NO/c1-6-7-8-9-10-11-12-13-15-28(34)23-33-24-31(4)20-14-21-32(5)29-18-16-26(25(2)3)22-27(29)17-19-30(31)32/h16,18,22,25,28,30,33-34H,6-15,17,19-21,23-24H2,1-5H3/t28?,30-,31-,32+/m0/s1. The zero-order chi connectivity index (χ0) is 24.6. The summed E-state index contributed by atoms with van der Waals surface area (Å²) >= 11 is 0.